The lowest BCUT2D eigenvalue weighted by Gasteiger charge is -2.34. The number of carbonyl (C=O) groups is 1. The van der Waals surface area contributed by atoms with Crippen molar-refractivity contribution in [3.8, 4) is 11.3 Å². The molecule has 1 fully saturated rings. The number of aromatic amines is 1. The van der Waals surface area contributed by atoms with E-state index in [1.54, 1.807) is 27.4 Å². The molecule has 4 aromatic heterocycles. The highest BCUT2D eigenvalue weighted by Gasteiger charge is 2.28. The molecular weight excluding hydrogens is 468 g/mol. The summed E-state index contributed by atoms with van der Waals surface area (Å²) in [6.45, 7) is 2.24. The van der Waals surface area contributed by atoms with E-state index in [-0.39, 0.29) is 17.3 Å². The Kier molecular flexibility index (Phi) is 6.12. The van der Waals surface area contributed by atoms with Crippen molar-refractivity contribution in [2.75, 3.05) is 19.3 Å². The lowest BCUT2D eigenvalue weighted by molar-refractivity contribution is -0.140. The van der Waals surface area contributed by atoms with Gasteiger partial charge in [-0.2, -0.15) is 0 Å². The Balaban J connectivity index is 1.65. The second-order valence-corrected chi connectivity index (χ2v) is 9.36. The summed E-state index contributed by atoms with van der Waals surface area (Å²) < 4.78 is 1.58. The summed E-state index contributed by atoms with van der Waals surface area (Å²) in [6, 6.07) is 7.25. The van der Waals surface area contributed by atoms with Crippen LogP contribution in [0.5, 0.6) is 0 Å². The van der Waals surface area contributed by atoms with E-state index in [1.165, 1.54) is 13.1 Å². The Labute approximate surface area is 204 Å². The molecule has 180 valence electrons. The molecule has 1 aliphatic rings. The van der Waals surface area contributed by atoms with Gasteiger partial charge in [-0.15, -0.1) is 11.8 Å². The molecule has 2 N–H and O–H groups in total. The molecule has 5 heterocycles. The molecule has 0 spiro atoms. The molecule has 0 radical (unpaired) electrons. The number of likely N-dealkylation sites (tertiary alicyclic amines) is 1. The molecule has 1 saturated heterocycles. The Bertz CT molecular complexity index is 1540. The molecule has 0 aromatic carbocycles. The van der Waals surface area contributed by atoms with Gasteiger partial charge in [0.2, 0.25) is 0 Å². The first-order valence-electron chi connectivity index (χ1n) is 11.3. The number of piperidine rings is 1. The number of fused-ring (bicyclic) bond motifs is 3. The fourth-order valence-corrected chi connectivity index (χ4v) is 4.92. The Morgan fingerprint density at radius 2 is 1.91 bits per heavy atom. The SMILES string of the molecule is CSc1ccc(-c2ccc3ncc4c(=O)[nH]c(=O)n(C5CCN(C(=O)[C@@H](C)O)CC5)c4c3n2)cn1. The third-order valence-electron chi connectivity index (χ3n) is 6.35. The van der Waals surface area contributed by atoms with Crippen molar-refractivity contribution in [3.05, 3.63) is 57.5 Å². The van der Waals surface area contributed by atoms with Crippen LogP contribution in [0.4, 0.5) is 0 Å². The molecule has 0 unspecified atom stereocenters. The highest BCUT2D eigenvalue weighted by atomic mass is 32.2. The van der Waals surface area contributed by atoms with Crippen LogP contribution < -0.4 is 11.2 Å². The minimum Gasteiger partial charge on any atom is -0.384 e. The monoisotopic (exact) mass is 492 g/mol. The smallest absolute Gasteiger partial charge is 0.329 e. The molecule has 5 rings (SSSR count). The topological polar surface area (TPSA) is 134 Å². The summed E-state index contributed by atoms with van der Waals surface area (Å²) in [5.41, 5.74) is 1.88. The van der Waals surface area contributed by atoms with Gasteiger partial charge in [0.1, 0.15) is 11.6 Å². The minimum atomic E-state index is -1.07. The summed E-state index contributed by atoms with van der Waals surface area (Å²) in [4.78, 5) is 55.6. The highest BCUT2D eigenvalue weighted by molar-refractivity contribution is 7.98. The molecule has 0 saturated carbocycles. The lowest BCUT2D eigenvalue weighted by Crippen LogP contribution is -2.45. The molecule has 4 aromatic rings. The molecule has 0 aliphatic carbocycles. The maximum absolute atomic E-state index is 13.1. The van der Waals surface area contributed by atoms with Gasteiger partial charge in [-0.1, -0.05) is 0 Å². The third kappa shape index (κ3) is 4.21. The first kappa shape index (κ1) is 23.2. The number of nitrogens with one attached hydrogen (secondary N) is 1. The van der Waals surface area contributed by atoms with Crippen LogP contribution in [-0.4, -0.2) is 65.9 Å². The number of pyridine rings is 3. The van der Waals surface area contributed by atoms with Crippen molar-refractivity contribution in [1.82, 2.24) is 29.4 Å². The standard InChI is InChI=1S/C24H24N6O4S/c1-13(31)23(33)29-9-7-15(8-10-29)30-21-16(22(32)28-24(30)34)12-25-18-5-4-17(27-20(18)21)14-3-6-19(35-2)26-11-14/h3-6,11-13,15,31H,7-10H2,1-2H3,(H,28,32,34)/t13-/m1/s1. The van der Waals surface area contributed by atoms with E-state index in [4.69, 9.17) is 4.98 Å². The van der Waals surface area contributed by atoms with Gasteiger partial charge < -0.3 is 10.0 Å². The van der Waals surface area contributed by atoms with Crippen LogP contribution in [0, 0.1) is 0 Å². The number of nitrogens with zero attached hydrogens (tertiary/aromatic N) is 5. The van der Waals surface area contributed by atoms with Crippen molar-refractivity contribution in [2.24, 2.45) is 0 Å². The molecule has 1 aliphatic heterocycles. The molecule has 35 heavy (non-hydrogen) atoms. The molecule has 0 bridgehead atoms. The average molecular weight is 493 g/mol. The van der Waals surface area contributed by atoms with Crippen LogP contribution in [0.25, 0.3) is 33.2 Å². The zero-order valence-electron chi connectivity index (χ0n) is 19.3. The maximum Gasteiger partial charge on any atom is 0.329 e. The summed E-state index contributed by atoms with van der Waals surface area (Å²) in [6.07, 6.45) is 5.10. The fourth-order valence-electron chi connectivity index (χ4n) is 4.56. The molecule has 1 amide bonds. The number of hydrogen-bond acceptors (Lipinski definition) is 8. The van der Waals surface area contributed by atoms with Crippen molar-refractivity contribution < 1.29 is 9.90 Å². The predicted molar refractivity (Wildman–Crippen MR) is 133 cm³/mol. The second kappa shape index (κ2) is 9.23. The lowest BCUT2D eigenvalue weighted by atomic mass is 10.0. The van der Waals surface area contributed by atoms with Gasteiger partial charge in [-0.3, -0.25) is 24.1 Å². The molecule has 11 heteroatoms. The predicted octanol–water partition coefficient (Wildman–Crippen LogP) is 1.96. The van der Waals surface area contributed by atoms with E-state index in [1.807, 2.05) is 30.5 Å². The largest absolute Gasteiger partial charge is 0.384 e. The molecule has 10 nitrogen and oxygen atoms in total. The van der Waals surface area contributed by atoms with Crippen LogP contribution >= 0.6 is 11.8 Å². The Morgan fingerprint density at radius 3 is 2.57 bits per heavy atom. The first-order valence-corrected chi connectivity index (χ1v) is 12.5. The number of H-pyrrole nitrogens is 1. The molecule has 1 atom stereocenters. The normalized spacial score (nSPS) is 15.6. The van der Waals surface area contributed by atoms with Crippen LogP contribution in [-0.2, 0) is 4.79 Å². The van der Waals surface area contributed by atoms with Gasteiger partial charge in [0.15, 0.2) is 0 Å². The van der Waals surface area contributed by atoms with Crippen LogP contribution in [0.3, 0.4) is 0 Å². The van der Waals surface area contributed by atoms with Gasteiger partial charge in [0.25, 0.3) is 11.5 Å². The summed E-state index contributed by atoms with van der Waals surface area (Å²) in [5, 5.41) is 10.8. The highest BCUT2D eigenvalue weighted by Crippen LogP contribution is 2.29. The summed E-state index contributed by atoms with van der Waals surface area (Å²) in [7, 11) is 0. The number of aromatic nitrogens is 5. The van der Waals surface area contributed by atoms with Gasteiger partial charge in [0.05, 0.1) is 27.1 Å². The number of aliphatic hydroxyl groups excluding tert-OH is 1. The van der Waals surface area contributed by atoms with Gasteiger partial charge in [-0.05, 0) is 50.3 Å². The van der Waals surface area contributed by atoms with E-state index in [0.717, 1.165) is 10.6 Å². The number of aliphatic hydroxyl groups is 1. The number of thioether (sulfide) groups is 1. The minimum absolute atomic E-state index is 0.251. The van der Waals surface area contributed by atoms with E-state index >= 15 is 0 Å². The number of rotatable bonds is 4. The zero-order chi connectivity index (χ0) is 24.7. The Hall–Kier alpha value is -3.57. The zero-order valence-corrected chi connectivity index (χ0v) is 20.1. The summed E-state index contributed by atoms with van der Waals surface area (Å²) >= 11 is 1.55. The van der Waals surface area contributed by atoms with Crippen molar-refractivity contribution >= 4 is 39.6 Å². The van der Waals surface area contributed by atoms with Gasteiger partial charge in [0, 0.05) is 37.1 Å². The molecular formula is C24H24N6O4S. The van der Waals surface area contributed by atoms with Crippen molar-refractivity contribution in [1.29, 1.82) is 0 Å². The Morgan fingerprint density at radius 1 is 1.14 bits per heavy atom. The first-order chi connectivity index (χ1) is 16.9. The third-order valence-corrected chi connectivity index (χ3v) is 7.01. The number of carbonyl (C=O) groups excluding carboxylic acids is 1. The second-order valence-electron chi connectivity index (χ2n) is 8.54. The maximum atomic E-state index is 13.1. The van der Waals surface area contributed by atoms with Crippen LogP contribution in [0.1, 0.15) is 25.8 Å². The quantitative estimate of drug-likeness (QED) is 0.326. The van der Waals surface area contributed by atoms with Gasteiger partial charge in [-0.25, -0.2) is 14.8 Å². The van der Waals surface area contributed by atoms with E-state index in [2.05, 4.69) is 15.0 Å². The number of hydrogen-bond donors (Lipinski definition) is 2. The van der Waals surface area contributed by atoms with Crippen molar-refractivity contribution in [2.45, 2.75) is 36.9 Å². The van der Waals surface area contributed by atoms with Crippen molar-refractivity contribution in [3.63, 3.8) is 0 Å². The average Bonchev–Trinajstić information content (AvgIpc) is 2.88. The summed E-state index contributed by atoms with van der Waals surface area (Å²) in [5.74, 6) is -0.329. The van der Waals surface area contributed by atoms with E-state index in [9.17, 15) is 19.5 Å². The van der Waals surface area contributed by atoms with Crippen LogP contribution in [0.2, 0.25) is 0 Å². The van der Waals surface area contributed by atoms with Gasteiger partial charge >= 0.3 is 5.69 Å². The number of amides is 1. The van der Waals surface area contributed by atoms with Crippen LogP contribution in [0.15, 0.2) is 51.3 Å². The van der Waals surface area contributed by atoms with E-state index in [0.29, 0.717) is 48.2 Å². The fraction of sp³-hybridized carbons (Fsp3) is 0.333. The van der Waals surface area contributed by atoms with E-state index < -0.39 is 17.4 Å².